The van der Waals surface area contributed by atoms with Crippen LogP contribution in [0.15, 0.2) is 42.9 Å². The van der Waals surface area contributed by atoms with E-state index in [0.717, 1.165) is 5.69 Å². The van der Waals surface area contributed by atoms with Gasteiger partial charge in [-0.25, -0.2) is 19.4 Å². The molecule has 0 atom stereocenters. The number of carbonyl (C=O) groups is 1. The van der Waals surface area contributed by atoms with Gasteiger partial charge in [-0.2, -0.15) is 5.10 Å². The number of hydrogen-bond donors (Lipinski definition) is 2. The van der Waals surface area contributed by atoms with Gasteiger partial charge in [0, 0.05) is 0 Å². The lowest BCUT2D eigenvalue weighted by Gasteiger charge is -2.03. The van der Waals surface area contributed by atoms with Crippen LogP contribution in [0.25, 0.3) is 16.7 Å². The highest BCUT2D eigenvalue weighted by molar-refractivity contribution is 5.96. The van der Waals surface area contributed by atoms with Gasteiger partial charge >= 0.3 is 6.03 Å². The van der Waals surface area contributed by atoms with Crippen LogP contribution in [0.5, 0.6) is 0 Å². The van der Waals surface area contributed by atoms with Gasteiger partial charge < -0.3 is 5.73 Å². The van der Waals surface area contributed by atoms with Crippen molar-refractivity contribution in [1.82, 2.24) is 19.7 Å². The van der Waals surface area contributed by atoms with Crippen LogP contribution in [0.2, 0.25) is 0 Å². The van der Waals surface area contributed by atoms with Crippen molar-refractivity contribution in [3.05, 3.63) is 42.9 Å². The molecule has 0 bridgehead atoms. The van der Waals surface area contributed by atoms with Crippen molar-refractivity contribution in [2.75, 3.05) is 5.32 Å². The van der Waals surface area contributed by atoms with Crippen molar-refractivity contribution in [2.24, 2.45) is 5.73 Å². The molecule has 7 heteroatoms. The Morgan fingerprint density at radius 1 is 1.21 bits per heavy atom. The first kappa shape index (κ1) is 11.1. The van der Waals surface area contributed by atoms with Crippen LogP contribution in [0.4, 0.5) is 10.6 Å². The lowest BCUT2D eigenvalue weighted by atomic mass is 10.3. The fraction of sp³-hybridized carbons (Fsp3) is 0. The van der Waals surface area contributed by atoms with E-state index in [4.69, 9.17) is 5.73 Å². The average Bonchev–Trinajstić information content (AvgIpc) is 2.84. The lowest BCUT2D eigenvalue weighted by molar-refractivity contribution is 0.259. The molecule has 2 aromatic heterocycles. The van der Waals surface area contributed by atoms with Gasteiger partial charge in [-0.3, -0.25) is 5.32 Å². The fourth-order valence-corrected chi connectivity index (χ4v) is 1.82. The molecule has 94 valence electrons. The van der Waals surface area contributed by atoms with Crippen molar-refractivity contribution < 1.29 is 4.79 Å². The molecule has 0 spiro atoms. The normalized spacial score (nSPS) is 10.5. The number of benzene rings is 1. The Bertz CT molecular complexity index is 736. The quantitative estimate of drug-likeness (QED) is 0.720. The first-order chi connectivity index (χ1) is 9.25. The Labute approximate surface area is 108 Å². The third-order valence-electron chi connectivity index (χ3n) is 2.61. The minimum Gasteiger partial charge on any atom is -0.351 e. The molecule has 0 saturated heterocycles. The van der Waals surface area contributed by atoms with Crippen LogP contribution < -0.4 is 11.1 Å². The van der Waals surface area contributed by atoms with Crippen molar-refractivity contribution in [1.29, 1.82) is 0 Å². The van der Waals surface area contributed by atoms with E-state index in [0.29, 0.717) is 16.9 Å². The summed E-state index contributed by atoms with van der Waals surface area (Å²) in [5, 5.41) is 7.33. The minimum atomic E-state index is -0.674. The summed E-state index contributed by atoms with van der Waals surface area (Å²) in [7, 11) is 0. The van der Waals surface area contributed by atoms with Gasteiger partial charge in [0.25, 0.3) is 0 Å². The fourth-order valence-electron chi connectivity index (χ4n) is 1.82. The third-order valence-corrected chi connectivity index (χ3v) is 2.61. The van der Waals surface area contributed by atoms with Crippen molar-refractivity contribution >= 4 is 22.9 Å². The summed E-state index contributed by atoms with van der Waals surface area (Å²) in [6.07, 6.45) is 2.95. The molecule has 7 nitrogen and oxygen atoms in total. The van der Waals surface area contributed by atoms with E-state index in [-0.39, 0.29) is 0 Å². The van der Waals surface area contributed by atoms with Gasteiger partial charge in [-0.15, -0.1) is 0 Å². The molecule has 2 amide bonds. The van der Waals surface area contributed by atoms with Crippen LogP contribution in [0.3, 0.4) is 0 Å². The molecule has 3 aromatic rings. The molecule has 3 rings (SSSR count). The predicted molar refractivity (Wildman–Crippen MR) is 69.9 cm³/mol. The monoisotopic (exact) mass is 254 g/mol. The van der Waals surface area contributed by atoms with E-state index in [1.807, 2.05) is 30.3 Å². The minimum absolute atomic E-state index is 0.347. The molecular weight excluding hydrogens is 244 g/mol. The number of nitrogens with one attached hydrogen (secondary N) is 1. The molecule has 0 saturated carbocycles. The lowest BCUT2D eigenvalue weighted by Crippen LogP contribution is -2.20. The number of nitrogens with zero attached hydrogens (tertiary/aromatic N) is 4. The van der Waals surface area contributed by atoms with Gasteiger partial charge in [-0.1, -0.05) is 18.2 Å². The zero-order valence-electron chi connectivity index (χ0n) is 9.82. The predicted octanol–water partition coefficient (Wildman–Crippen LogP) is 1.31. The molecule has 0 fully saturated rings. The van der Waals surface area contributed by atoms with Gasteiger partial charge in [0.2, 0.25) is 0 Å². The number of primary amides is 1. The Hall–Kier alpha value is -2.96. The molecule has 1 aromatic carbocycles. The van der Waals surface area contributed by atoms with Crippen molar-refractivity contribution in [3.63, 3.8) is 0 Å². The largest absolute Gasteiger partial charge is 0.351 e. The summed E-state index contributed by atoms with van der Waals surface area (Å²) >= 11 is 0. The summed E-state index contributed by atoms with van der Waals surface area (Å²) in [6, 6.07) is 8.89. The molecule has 0 radical (unpaired) electrons. The second-order valence-electron chi connectivity index (χ2n) is 3.84. The van der Waals surface area contributed by atoms with Crippen LogP contribution >= 0.6 is 0 Å². The number of anilines is 1. The summed E-state index contributed by atoms with van der Waals surface area (Å²) in [4.78, 5) is 19.1. The summed E-state index contributed by atoms with van der Waals surface area (Å²) in [6.45, 7) is 0. The molecule has 3 N–H and O–H groups in total. The highest BCUT2D eigenvalue weighted by Crippen LogP contribution is 2.21. The maximum absolute atomic E-state index is 10.9. The van der Waals surface area contributed by atoms with Crippen LogP contribution in [0, 0.1) is 0 Å². The third kappa shape index (κ3) is 1.97. The van der Waals surface area contributed by atoms with Crippen molar-refractivity contribution in [2.45, 2.75) is 0 Å². The first-order valence-corrected chi connectivity index (χ1v) is 5.56. The standard InChI is InChI=1S/C12H10N6O/c13-12(19)17-10-9-6-16-18(11(9)15-7-14-10)8-4-2-1-3-5-8/h1-7H,(H3,13,14,15,17,19). The van der Waals surface area contributed by atoms with Gasteiger partial charge in [0.05, 0.1) is 17.3 Å². The van der Waals surface area contributed by atoms with E-state index in [2.05, 4.69) is 20.4 Å². The molecule has 2 heterocycles. The Balaban J connectivity index is 2.17. The number of fused-ring (bicyclic) bond motifs is 1. The second kappa shape index (κ2) is 4.37. The smallest absolute Gasteiger partial charge is 0.317 e. The zero-order chi connectivity index (χ0) is 13.2. The van der Waals surface area contributed by atoms with Gasteiger partial charge in [0.15, 0.2) is 5.65 Å². The van der Waals surface area contributed by atoms with Crippen LogP contribution in [-0.4, -0.2) is 25.8 Å². The number of carbonyl (C=O) groups excluding carboxylic acids is 1. The average molecular weight is 254 g/mol. The maximum Gasteiger partial charge on any atom is 0.317 e. The van der Waals surface area contributed by atoms with Gasteiger partial charge in [-0.05, 0) is 12.1 Å². The molecular formula is C12H10N6O. The summed E-state index contributed by atoms with van der Waals surface area (Å²) in [5.41, 5.74) is 6.57. The Kier molecular flexibility index (Phi) is 2.57. The summed E-state index contributed by atoms with van der Waals surface area (Å²) in [5.74, 6) is 0.347. The second-order valence-corrected chi connectivity index (χ2v) is 3.84. The van der Waals surface area contributed by atoms with E-state index in [9.17, 15) is 4.79 Å². The zero-order valence-corrected chi connectivity index (χ0v) is 9.82. The SMILES string of the molecule is NC(=O)Nc1ncnc2c1cnn2-c1ccccc1. The van der Waals surface area contributed by atoms with Crippen molar-refractivity contribution in [3.8, 4) is 5.69 Å². The number of aromatic nitrogens is 4. The number of nitrogens with two attached hydrogens (primary N) is 1. The molecule has 0 unspecified atom stereocenters. The van der Waals surface area contributed by atoms with E-state index in [1.165, 1.54) is 6.33 Å². The number of rotatable bonds is 2. The Morgan fingerprint density at radius 3 is 2.74 bits per heavy atom. The molecule has 0 aliphatic carbocycles. The van der Waals surface area contributed by atoms with E-state index in [1.54, 1.807) is 10.9 Å². The van der Waals surface area contributed by atoms with E-state index >= 15 is 0 Å². The molecule has 19 heavy (non-hydrogen) atoms. The Morgan fingerprint density at radius 2 is 2.00 bits per heavy atom. The van der Waals surface area contributed by atoms with E-state index < -0.39 is 6.03 Å². The highest BCUT2D eigenvalue weighted by atomic mass is 16.2. The summed E-state index contributed by atoms with van der Waals surface area (Å²) < 4.78 is 1.67. The van der Waals surface area contributed by atoms with Gasteiger partial charge in [0.1, 0.15) is 12.1 Å². The highest BCUT2D eigenvalue weighted by Gasteiger charge is 2.11. The number of hydrogen-bond acceptors (Lipinski definition) is 4. The van der Waals surface area contributed by atoms with Crippen LogP contribution in [0.1, 0.15) is 0 Å². The van der Waals surface area contributed by atoms with Crippen LogP contribution in [-0.2, 0) is 0 Å². The maximum atomic E-state index is 10.9. The first-order valence-electron chi connectivity index (χ1n) is 5.56. The molecule has 0 aliphatic rings. The number of urea groups is 1. The molecule has 0 aliphatic heterocycles. The number of amides is 2. The topological polar surface area (TPSA) is 98.7 Å². The number of para-hydroxylation sites is 1.